The minimum atomic E-state index is -0.185. The van der Waals surface area contributed by atoms with Crippen LogP contribution in [0.15, 0.2) is 131 Å². The second-order valence-electron chi connectivity index (χ2n) is 10.6. The zero-order chi connectivity index (χ0) is 31.2. The van der Waals surface area contributed by atoms with E-state index in [9.17, 15) is 9.59 Å². The monoisotopic (exact) mass is 630 g/mol. The van der Waals surface area contributed by atoms with Gasteiger partial charge in [0.1, 0.15) is 12.3 Å². The molecule has 0 aliphatic carbocycles. The maximum atomic E-state index is 14.0. The molecule has 6 rings (SSSR count). The van der Waals surface area contributed by atoms with Gasteiger partial charge in [-0.2, -0.15) is 0 Å². The van der Waals surface area contributed by atoms with Crippen molar-refractivity contribution in [3.63, 3.8) is 0 Å². The smallest absolute Gasteiger partial charge is 0.210 e. The molecule has 0 aliphatic rings. The predicted octanol–water partition coefficient (Wildman–Crippen LogP) is 9.64. The Balaban J connectivity index is 1.32. The van der Waals surface area contributed by atoms with Crippen LogP contribution in [0.1, 0.15) is 45.2 Å². The molecule has 5 nitrogen and oxygen atoms in total. The molecular weight excluding hydrogens is 600 g/mol. The summed E-state index contributed by atoms with van der Waals surface area (Å²) in [6.45, 7) is 3.11. The Hall–Kier alpha value is -4.65. The van der Waals surface area contributed by atoms with E-state index in [1.165, 1.54) is 0 Å². The van der Waals surface area contributed by atoms with Crippen molar-refractivity contribution >= 4 is 62.4 Å². The van der Waals surface area contributed by atoms with E-state index in [-0.39, 0.29) is 18.2 Å². The van der Waals surface area contributed by atoms with Gasteiger partial charge in [0.2, 0.25) is 5.78 Å². The van der Waals surface area contributed by atoms with Gasteiger partial charge in [-0.3, -0.25) is 9.59 Å². The van der Waals surface area contributed by atoms with Gasteiger partial charge in [-0.05, 0) is 73.2 Å². The Morgan fingerprint density at radius 2 is 1.38 bits per heavy atom. The highest BCUT2D eigenvalue weighted by atomic mass is 35.5. The molecule has 0 saturated carbocycles. The van der Waals surface area contributed by atoms with Gasteiger partial charge in [-0.25, -0.2) is 0 Å². The lowest BCUT2D eigenvalue weighted by Crippen LogP contribution is -2.16. The summed E-state index contributed by atoms with van der Waals surface area (Å²) in [4.78, 5) is 34.0. The van der Waals surface area contributed by atoms with Crippen molar-refractivity contribution < 1.29 is 14.4 Å². The first-order valence-corrected chi connectivity index (χ1v) is 16.2. The molecule has 6 aromatic rings. The molecule has 45 heavy (non-hydrogen) atoms. The quantitative estimate of drug-likeness (QED) is 0.0584. The first-order valence-electron chi connectivity index (χ1n) is 14.8. The Morgan fingerprint density at radius 3 is 2.04 bits per heavy atom. The normalized spacial score (nSPS) is 11.6. The number of rotatable bonds is 12. The second kappa shape index (κ2) is 14.0. The van der Waals surface area contributed by atoms with Crippen LogP contribution in [0, 0.1) is 0 Å². The molecule has 0 atom stereocenters. The van der Waals surface area contributed by atoms with Gasteiger partial charge in [0.25, 0.3) is 0 Å². The molecule has 0 aliphatic heterocycles. The summed E-state index contributed by atoms with van der Waals surface area (Å²) >= 11 is 7.68. The lowest BCUT2D eigenvalue weighted by molar-refractivity contribution is 0.102. The van der Waals surface area contributed by atoms with Gasteiger partial charge in [-0.15, -0.1) is 11.8 Å². The molecule has 5 aromatic carbocycles. The number of hydrogen-bond donors (Lipinski definition) is 0. The zero-order valence-corrected chi connectivity index (χ0v) is 26.4. The molecule has 0 bridgehead atoms. The van der Waals surface area contributed by atoms with Crippen LogP contribution in [0.5, 0.6) is 0 Å². The zero-order valence-electron chi connectivity index (χ0n) is 24.8. The summed E-state index contributed by atoms with van der Waals surface area (Å²) in [6, 6.07) is 38.2. The van der Waals surface area contributed by atoms with Gasteiger partial charge in [-0.1, -0.05) is 77.4 Å². The van der Waals surface area contributed by atoms with Crippen LogP contribution in [-0.2, 0) is 18.0 Å². The summed E-state index contributed by atoms with van der Waals surface area (Å²) < 4.78 is 2.20. The van der Waals surface area contributed by atoms with E-state index in [2.05, 4.69) is 16.6 Å². The molecule has 224 valence electrons. The number of carbonyl (C=O) groups excluding carboxylic acids is 2. The number of aromatic nitrogens is 1. The Morgan fingerprint density at radius 1 is 0.756 bits per heavy atom. The third-order valence-corrected chi connectivity index (χ3v) is 8.94. The second-order valence-corrected chi connectivity index (χ2v) is 12.2. The van der Waals surface area contributed by atoms with E-state index in [1.54, 1.807) is 11.8 Å². The number of carbonyl (C=O) groups is 2. The minimum absolute atomic E-state index is 0.0368. The summed E-state index contributed by atoms with van der Waals surface area (Å²) in [7, 11) is 0. The highest BCUT2D eigenvalue weighted by Gasteiger charge is 2.19. The molecule has 0 N–H and O–H groups in total. The summed E-state index contributed by atoms with van der Waals surface area (Å²) in [5.41, 5.74) is 5.11. The number of benzene rings is 5. The first-order chi connectivity index (χ1) is 22.0. The van der Waals surface area contributed by atoms with Crippen molar-refractivity contribution in [1.82, 2.24) is 4.57 Å². The topological polar surface area (TPSA) is 60.7 Å². The molecule has 7 heteroatoms. The van der Waals surface area contributed by atoms with E-state index < -0.39 is 0 Å². The summed E-state index contributed by atoms with van der Waals surface area (Å²) in [6.07, 6.45) is 0.422. The third-order valence-electron chi connectivity index (χ3n) is 7.67. The van der Waals surface area contributed by atoms with Crippen LogP contribution in [0.25, 0.3) is 21.8 Å². The van der Waals surface area contributed by atoms with E-state index in [1.807, 2.05) is 121 Å². The van der Waals surface area contributed by atoms with Crippen LogP contribution >= 0.6 is 23.4 Å². The van der Waals surface area contributed by atoms with Gasteiger partial charge < -0.3 is 9.40 Å². The lowest BCUT2D eigenvalue weighted by atomic mass is 9.99. The molecule has 1 heterocycles. The van der Waals surface area contributed by atoms with Gasteiger partial charge in [0, 0.05) is 67.1 Å². The minimum Gasteiger partial charge on any atom is -0.391 e. The van der Waals surface area contributed by atoms with Crippen LogP contribution in [0.2, 0.25) is 5.02 Å². The fourth-order valence-corrected chi connectivity index (χ4v) is 6.39. The van der Waals surface area contributed by atoms with E-state index in [0.717, 1.165) is 38.8 Å². The van der Waals surface area contributed by atoms with Crippen LogP contribution in [-0.4, -0.2) is 27.6 Å². The van der Waals surface area contributed by atoms with Crippen molar-refractivity contribution in [3.8, 4) is 0 Å². The van der Waals surface area contributed by atoms with E-state index >= 15 is 0 Å². The molecule has 1 aromatic heterocycles. The lowest BCUT2D eigenvalue weighted by Gasteiger charge is -2.08. The van der Waals surface area contributed by atoms with Crippen LogP contribution < -0.4 is 0 Å². The predicted molar refractivity (Wildman–Crippen MR) is 185 cm³/mol. The molecule has 0 saturated heterocycles. The first kappa shape index (κ1) is 30.4. The fourth-order valence-electron chi connectivity index (χ4n) is 5.41. The van der Waals surface area contributed by atoms with E-state index in [0.29, 0.717) is 39.6 Å². The Kier molecular flexibility index (Phi) is 9.44. The van der Waals surface area contributed by atoms with E-state index in [4.69, 9.17) is 16.4 Å². The average Bonchev–Trinajstić information content (AvgIpc) is 3.40. The van der Waals surface area contributed by atoms with Crippen molar-refractivity contribution in [1.29, 1.82) is 0 Å². The number of hydrogen-bond acceptors (Lipinski definition) is 5. The Labute approximate surface area is 271 Å². The summed E-state index contributed by atoms with van der Waals surface area (Å²) in [5.74, 6) is 0.421. The number of aryl methyl sites for hydroxylation is 1. The molecule has 0 unspecified atom stereocenters. The van der Waals surface area contributed by atoms with Gasteiger partial charge in [0.05, 0.1) is 0 Å². The number of nitrogens with zero attached hydrogens (tertiary/aromatic N) is 2. The van der Waals surface area contributed by atoms with Crippen molar-refractivity contribution in [2.45, 2.75) is 31.4 Å². The number of oxime groups is 1. The molecule has 0 spiro atoms. The van der Waals surface area contributed by atoms with Crippen LogP contribution in [0.4, 0.5) is 0 Å². The maximum absolute atomic E-state index is 14.0. The largest absolute Gasteiger partial charge is 0.391 e. The number of fused-ring (bicyclic) bond motifs is 3. The highest BCUT2D eigenvalue weighted by molar-refractivity contribution is 7.99. The SMILES string of the molecule is CCn1c2ccc(C(=O)C(CCSc3ccc(Cl)cc3)=NOCc3ccccc3)cc2c2cc(C(=O)c3ccccc3)ccc21. The van der Waals surface area contributed by atoms with Gasteiger partial charge in [0.15, 0.2) is 5.78 Å². The number of halogens is 1. The third kappa shape index (κ3) is 6.88. The maximum Gasteiger partial charge on any atom is 0.210 e. The number of Topliss-reactive ketones (excluding diaryl/α,β-unsaturated/α-hetero) is 1. The van der Waals surface area contributed by atoms with Crippen molar-refractivity contribution in [2.75, 3.05) is 5.75 Å². The van der Waals surface area contributed by atoms with Crippen LogP contribution in [0.3, 0.4) is 0 Å². The molecule has 0 fully saturated rings. The molecule has 0 radical (unpaired) electrons. The molecule has 0 amide bonds. The number of thioether (sulfide) groups is 1. The van der Waals surface area contributed by atoms with Crippen molar-refractivity contribution in [3.05, 3.63) is 149 Å². The standard InChI is InChI=1S/C38H31ClN2O3S/c1-2-41-35-19-13-28(37(42)27-11-7-4-8-12-27)23-32(35)33-24-29(14-20-36(33)41)38(43)34(40-44-25-26-9-5-3-6-10-26)21-22-45-31-17-15-30(39)16-18-31/h3-20,23-24H,2,21-22,25H2,1H3. The number of ketones is 2. The summed E-state index contributed by atoms with van der Waals surface area (Å²) in [5, 5.41) is 6.89. The van der Waals surface area contributed by atoms with Gasteiger partial charge >= 0.3 is 0 Å². The van der Waals surface area contributed by atoms with Crippen molar-refractivity contribution in [2.24, 2.45) is 5.16 Å². The Bertz CT molecular complexity index is 2000. The average molecular weight is 631 g/mol. The molecular formula is C38H31ClN2O3S. The highest BCUT2D eigenvalue weighted by Crippen LogP contribution is 2.32. The fraction of sp³-hybridized carbons (Fsp3) is 0.132.